The summed E-state index contributed by atoms with van der Waals surface area (Å²) >= 11 is 1.61. The van der Waals surface area contributed by atoms with E-state index in [0.717, 1.165) is 34.6 Å². The van der Waals surface area contributed by atoms with Crippen molar-refractivity contribution in [3.8, 4) is 0 Å². The monoisotopic (exact) mass is 358 g/mol. The largest absolute Gasteiger partial charge is 0.455 e. The molecule has 0 atom stereocenters. The van der Waals surface area contributed by atoms with E-state index in [-0.39, 0.29) is 18.6 Å². The fourth-order valence-corrected chi connectivity index (χ4v) is 3.50. The van der Waals surface area contributed by atoms with Crippen LogP contribution in [0.4, 0.5) is 0 Å². The van der Waals surface area contributed by atoms with Crippen LogP contribution in [0.5, 0.6) is 0 Å². The zero-order valence-electron chi connectivity index (χ0n) is 14.9. The van der Waals surface area contributed by atoms with Crippen molar-refractivity contribution in [3.63, 3.8) is 0 Å². The number of pyridine rings is 1. The third-order valence-corrected chi connectivity index (χ3v) is 4.84. The van der Waals surface area contributed by atoms with Gasteiger partial charge in [0.05, 0.1) is 28.2 Å². The molecule has 0 aromatic carbocycles. The molecule has 3 rings (SSSR count). The second-order valence-corrected chi connectivity index (χ2v) is 7.22. The number of thiazole rings is 1. The molecule has 0 unspecified atom stereocenters. The van der Waals surface area contributed by atoms with Gasteiger partial charge in [-0.25, -0.2) is 19.4 Å². The Morgan fingerprint density at radius 2 is 2.16 bits per heavy atom. The van der Waals surface area contributed by atoms with E-state index in [1.165, 1.54) is 0 Å². The van der Waals surface area contributed by atoms with Crippen LogP contribution in [0.15, 0.2) is 17.6 Å². The van der Waals surface area contributed by atoms with Gasteiger partial charge in [-0.05, 0) is 39.7 Å². The summed E-state index contributed by atoms with van der Waals surface area (Å²) < 4.78 is 7.28. The molecular formula is C18H22N4O2S. The van der Waals surface area contributed by atoms with Crippen LogP contribution in [-0.2, 0) is 17.8 Å². The van der Waals surface area contributed by atoms with Gasteiger partial charge in [0.1, 0.15) is 6.61 Å². The average molecular weight is 358 g/mol. The second-order valence-electron chi connectivity index (χ2n) is 6.28. The minimum absolute atomic E-state index is 0.182. The number of esters is 1. The third-order valence-electron chi connectivity index (χ3n) is 3.88. The van der Waals surface area contributed by atoms with E-state index in [1.54, 1.807) is 23.6 Å². The summed E-state index contributed by atoms with van der Waals surface area (Å²) in [6, 6.07) is 2.01. The molecule has 6 nitrogen and oxygen atoms in total. The lowest BCUT2D eigenvalue weighted by Gasteiger charge is -2.09. The highest BCUT2D eigenvalue weighted by atomic mass is 32.1. The first-order valence-electron chi connectivity index (χ1n) is 8.44. The van der Waals surface area contributed by atoms with E-state index >= 15 is 0 Å². The maximum absolute atomic E-state index is 12.4. The molecule has 0 N–H and O–H groups in total. The van der Waals surface area contributed by atoms with Crippen LogP contribution in [0.2, 0.25) is 0 Å². The Kier molecular flexibility index (Phi) is 5.13. The second kappa shape index (κ2) is 7.31. The first kappa shape index (κ1) is 17.5. The quantitative estimate of drug-likeness (QED) is 0.621. The SMILES string of the molecule is CCCc1nc(COC(=O)c2cc3cnn(C(C)C)c3nc2C)cs1. The molecule has 0 aliphatic rings. The number of hydrogen-bond donors (Lipinski definition) is 0. The van der Waals surface area contributed by atoms with E-state index in [9.17, 15) is 4.79 Å². The Bertz CT molecular complexity index is 898. The van der Waals surface area contributed by atoms with Crippen LogP contribution in [0.1, 0.15) is 60.0 Å². The molecule has 3 heterocycles. The zero-order chi connectivity index (χ0) is 18.0. The molecule has 25 heavy (non-hydrogen) atoms. The Labute approximate surface area is 150 Å². The third kappa shape index (κ3) is 3.71. The smallest absolute Gasteiger partial charge is 0.340 e. The summed E-state index contributed by atoms with van der Waals surface area (Å²) in [4.78, 5) is 21.5. The van der Waals surface area contributed by atoms with Crippen molar-refractivity contribution in [1.29, 1.82) is 0 Å². The van der Waals surface area contributed by atoms with Crippen LogP contribution < -0.4 is 0 Å². The van der Waals surface area contributed by atoms with E-state index in [1.807, 2.05) is 30.8 Å². The van der Waals surface area contributed by atoms with Gasteiger partial charge in [-0.2, -0.15) is 5.10 Å². The predicted octanol–water partition coefficient (Wildman–Crippen LogP) is 4.09. The highest BCUT2D eigenvalue weighted by Crippen LogP contribution is 2.20. The van der Waals surface area contributed by atoms with Crippen molar-refractivity contribution in [1.82, 2.24) is 19.7 Å². The van der Waals surface area contributed by atoms with Gasteiger partial charge in [-0.1, -0.05) is 6.92 Å². The molecule has 0 fully saturated rings. The lowest BCUT2D eigenvalue weighted by atomic mass is 10.2. The summed E-state index contributed by atoms with van der Waals surface area (Å²) in [6.07, 6.45) is 3.75. The van der Waals surface area contributed by atoms with Gasteiger partial charge in [0.25, 0.3) is 0 Å². The van der Waals surface area contributed by atoms with E-state index in [2.05, 4.69) is 22.0 Å². The fraction of sp³-hybridized carbons (Fsp3) is 0.444. The molecule has 3 aromatic rings. The van der Waals surface area contributed by atoms with Gasteiger partial charge in [-0.3, -0.25) is 0 Å². The average Bonchev–Trinajstić information content (AvgIpc) is 3.18. The Balaban J connectivity index is 1.76. The summed E-state index contributed by atoms with van der Waals surface area (Å²) in [5.41, 5.74) is 2.69. The molecule has 0 bridgehead atoms. The van der Waals surface area contributed by atoms with Crippen LogP contribution >= 0.6 is 11.3 Å². The topological polar surface area (TPSA) is 69.9 Å². The van der Waals surface area contributed by atoms with Crippen molar-refractivity contribution in [2.75, 3.05) is 0 Å². The maximum atomic E-state index is 12.4. The number of rotatable bonds is 6. The molecule has 3 aromatic heterocycles. The first-order chi connectivity index (χ1) is 12.0. The summed E-state index contributed by atoms with van der Waals surface area (Å²) in [5, 5.41) is 8.20. The molecule has 0 spiro atoms. The number of carbonyl (C=O) groups is 1. The van der Waals surface area contributed by atoms with E-state index in [4.69, 9.17) is 4.74 Å². The molecule has 132 valence electrons. The number of carbonyl (C=O) groups excluding carboxylic acids is 1. The predicted molar refractivity (Wildman–Crippen MR) is 97.9 cm³/mol. The van der Waals surface area contributed by atoms with Gasteiger partial charge in [0.2, 0.25) is 0 Å². The van der Waals surface area contributed by atoms with Crippen LogP contribution in [0.3, 0.4) is 0 Å². The molecule has 7 heteroatoms. The van der Waals surface area contributed by atoms with Crippen molar-refractivity contribution >= 4 is 28.3 Å². The van der Waals surface area contributed by atoms with E-state index in [0.29, 0.717) is 11.3 Å². The van der Waals surface area contributed by atoms with Crippen molar-refractivity contribution in [3.05, 3.63) is 39.6 Å². The lowest BCUT2D eigenvalue weighted by molar-refractivity contribution is 0.0467. The minimum atomic E-state index is -0.380. The van der Waals surface area contributed by atoms with E-state index < -0.39 is 0 Å². The van der Waals surface area contributed by atoms with Gasteiger partial charge >= 0.3 is 5.97 Å². The maximum Gasteiger partial charge on any atom is 0.340 e. The Hall–Kier alpha value is -2.28. The number of hydrogen-bond acceptors (Lipinski definition) is 6. The first-order valence-corrected chi connectivity index (χ1v) is 9.32. The number of aromatic nitrogens is 4. The lowest BCUT2D eigenvalue weighted by Crippen LogP contribution is -2.10. The van der Waals surface area contributed by atoms with Crippen molar-refractivity contribution in [2.24, 2.45) is 0 Å². The number of ether oxygens (including phenoxy) is 1. The van der Waals surface area contributed by atoms with Crippen molar-refractivity contribution < 1.29 is 9.53 Å². The number of aryl methyl sites for hydroxylation is 2. The summed E-state index contributed by atoms with van der Waals surface area (Å²) in [7, 11) is 0. The molecule has 0 saturated carbocycles. The number of fused-ring (bicyclic) bond motifs is 1. The minimum Gasteiger partial charge on any atom is -0.455 e. The summed E-state index contributed by atoms with van der Waals surface area (Å²) in [5.74, 6) is -0.380. The Morgan fingerprint density at radius 3 is 2.88 bits per heavy atom. The molecule has 0 amide bonds. The molecule has 0 aliphatic carbocycles. The highest BCUT2D eigenvalue weighted by molar-refractivity contribution is 7.09. The molecule has 0 aliphatic heterocycles. The highest BCUT2D eigenvalue weighted by Gasteiger charge is 2.17. The summed E-state index contributed by atoms with van der Waals surface area (Å²) in [6.45, 7) is 8.21. The van der Waals surface area contributed by atoms with Gasteiger partial charge in [-0.15, -0.1) is 11.3 Å². The van der Waals surface area contributed by atoms with Gasteiger partial charge in [0, 0.05) is 16.8 Å². The van der Waals surface area contributed by atoms with Gasteiger partial charge < -0.3 is 4.74 Å². The van der Waals surface area contributed by atoms with Crippen LogP contribution in [0, 0.1) is 6.92 Å². The van der Waals surface area contributed by atoms with Crippen LogP contribution in [-0.4, -0.2) is 25.7 Å². The molecule has 0 radical (unpaired) electrons. The van der Waals surface area contributed by atoms with Gasteiger partial charge in [0.15, 0.2) is 5.65 Å². The normalized spacial score (nSPS) is 11.4. The fourth-order valence-electron chi connectivity index (χ4n) is 2.61. The Morgan fingerprint density at radius 1 is 1.36 bits per heavy atom. The van der Waals surface area contributed by atoms with Crippen LogP contribution in [0.25, 0.3) is 11.0 Å². The molecular weight excluding hydrogens is 336 g/mol. The molecule has 0 saturated heterocycles. The van der Waals surface area contributed by atoms with Crippen molar-refractivity contribution in [2.45, 2.75) is 53.2 Å². The number of nitrogens with zero attached hydrogens (tertiary/aromatic N) is 4. The standard InChI is InChI=1S/C18H22N4O2S/c1-5-6-16-21-14(10-25-16)9-24-18(23)15-7-13-8-19-22(11(2)3)17(13)20-12(15)4/h7-8,10-11H,5-6,9H2,1-4H3. The zero-order valence-corrected chi connectivity index (χ0v) is 15.8.